The molecule has 1 saturated heterocycles. The van der Waals surface area contributed by atoms with E-state index in [4.69, 9.17) is 10.5 Å². The van der Waals surface area contributed by atoms with Crippen LogP contribution < -0.4 is 5.73 Å². The third kappa shape index (κ3) is 3.10. The largest absolute Gasteiger partial charge is 0.382 e. The van der Waals surface area contributed by atoms with Crippen molar-refractivity contribution in [3.8, 4) is 0 Å². The Labute approximate surface area is 141 Å². The average Bonchev–Trinajstić information content (AvgIpc) is 2.57. The van der Waals surface area contributed by atoms with Gasteiger partial charge in [0.1, 0.15) is 6.10 Å². The first-order valence-electron chi connectivity index (χ1n) is 8.03. The van der Waals surface area contributed by atoms with E-state index in [9.17, 15) is 4.79 Å². The van der Waals surface area contributed by atoms with Crippen LogP contribution in [0.3, 0.4) is 0 Å². The van der Waals surface area contributed by atoms with Crippen molar-refractivity contribution < 1.29 is 9.53 Å². The van der Waals surface area contributed by atoms with E-state index in [2.05, 4.69) is 42.0 Å². The number of carbonyl (C=O) groups excluding carboxylic acids is 1. The summed E-state index contributed by atoms with van der Waals surface area (Å²) in [6, 6.07) is 6.24. The summed E-state index contributed by atoms with van der Waals surface area (Å²) in [7, 11) is 0. The van der Waals surface area contributed by atoms with Crippen LogP contribution in [-0.2, 0) is 4.74 Å². The van der Waals surface area contributed by atoms with Gasteiger partial charge in [0.2, 0.25) is 0 Å². The lowest BCUT2D eigenvalue weighted by Gasteiger charge is -2.38. The fourth-order valence-corrected chi connectivity index (χ4v) is 2.98. The highest BCUT2D eigenvalue weighted by atomic mass is 16.5. The number of hydrogen-bond acceptors (Lipinski definition) is 5. The van der Waals surface area contributed by atoms with Crippen molar-refractivity contribution in [1.29, 1.82) is 0 Å². The molecular weight excluding hydrogens is 304 g/mol. The molecule has 2 atom stereocenters. The molecule has 0 saturated carbocycles. The third-order valence-electron chi connectivity index (χ3n) is 4.40. The molecule has 1 aromatic carbocycles. The Balaban J connectivity index is 1.87. The lowest BCUT2D eigenvalue weighted by molar-refractivity contribution is -0.0490. The lowest BCUT2D eigenvalue weighted by Crippen LogP contribution is -2.48. The number of ether oxygens (including phenoxy) is 1. The molecule has 0 radical (unpaired) electrons. The van der Waals surface area contributed by atoms with Gasteiger partial charge >= 0.3 is 0 Å². The summed E-state index contributed by atoms with van der Waals surface area (Å²) in [5, 5.41) is 0. The first-order chi connectivity index (χ1) is 11.5. The van der Waals surface area contributed by atoms with Gasteiger partial charge in [0.05, 0.1) is 19.2 Å². The molecule has 6 heteroatoms. The van der Waals surface area contributed by atoms with E-state index in [-0.39, 0.29) is 29.6 Å². The predicted octanol–water partition coefficient (Wildman–Crippen LogP) is 2.28. The quantitative estimate of drug-likeness (QED) is 0.915. The molecule has 0 aliphatic carbocycles. The molecule has 0 unspecified atom stereocenters. The molecule has 2 aromatic rings. The number of nitrogen functional groups attached to an aromatic ring is 1. The molecule has 0 spiro atoms. The van der Waals surface area contributed by atoms with Crippen molar-refractivity contribution in [2.24, 2.45) is 0 Å². The Bertz CT molecular complexity index is 762. The number of hydrogen-bond donors (Lipinski definition) is 1. The number of aryl methyl sites for hydroxylation is 2. The topological polar surface area (TPSA) is 81.3 Å². The highest BCUT2D eigenvalue weighted by Gasteiger charge is 2.33. The summed E-state index contributed by atoms with van der Waals surface area (Å²) in [4.78, 5) is 22.7. The second-order valence-electron chi connectivity index (χ2n) is 6.28. The van der Waals surface area contributed by atoms with Gasteiger partial charge < -0.3 is 15.4 Å². The van der Waals surface area contributed by atoms with Crippen LogP contribution in [0, 0.1) is 13.8 Å². The number of nitrogens with zero attached hydrogens (tertiary/aromatic N) is 3. The van der Waals surface area contributed by atoms with E-state index in [0.29, 0.717) is 13.2 Å². The molecule has 1 fully saturated rings. The monoisotopic (exact) mass is 326 g/mol. The zero-order chi connectivity index (χ0) is 17.3. The third-order valence-corrected chi connectivity index (χ3v) is 4.40. The molecule has 2 heterocycles. The van der Waals surface area contributed by atoms with Gasteiger partial charge in [0.25, 0.3) is 5.91 Å². The normalized spacial score (nSPS) is 20.9. The zero-order valence-electron chi connectivity index (χ0n) is 14.2. The summed E-state index contributed by atoms with van der Waals surface area (Å²) in [6.07, 6.45) is 2.81. The van der Waals surface area contributed by atoms with E-state index in [1.807, 2.05) is 6.92 Å². The van der Waals surface area contributed by atoms with Gasteiger partial charge in [-0.25, -0.2) is 9.97 Å². The summed E-state index contributed by atoms with van der Waals surface area (Å²) in [5.41, 5.74) is 9.46. The summed E-state index contributed by atoms with van der Waals surface area (Å²) < 4.78 is 6.00. The Morgan fingerprint density at radius 1 is 1.29 bits per heavy atom. The fourth-order valence-electron chi connectivity index (χ4n) is 2.98. The number of nitrogens with two attached hydrogens (primary N) is 1. The molecule has 2 N–H and O–H groups in total. The van der Waals surface area contributed by atoms with Gasteiger partial charge in [-0.2, -0.15) is 0 Å². The molecule has 0 bridgehead atoms. The van der Waals surface area contributed by atoms with Gasteiger partial charge in [-0.1, -0.05) is 23.8 Å². The first-order valence-corrected chi connectivity index (χ1v) is 8.03. The van der Waals surface area contributed by atoms with E-state index >= 15 is 0 Å². The second-order valence-corrected chi connectivity index (χ2v) is 6.28. The number of benzene rings is 1. The van der Waals surface area contributed by atoms with Crippen molar-refractivity contribution in [3.63, 3.8) is 0 Å². The number of carbonyl (C=O) groups is 1. The molecule has 6 nitrogen and oxygen atoms in total. The highest BCUT2D eigenvalue weighted by Crippen LogP contribution is 2.29. The van der Waals surface area contributed by atoms with Crippen LogP contribution in [0.1, 0.15) is 40.2 Å². The smallest absolute Gasteiger partial charge is 0.276 e. The second kappa shape index (κ2) is 6.57. The Morgan fingerprint density at radius 2 is 2.04 bits per heavy atom. The highest BCUT2D eigenvalue weighted by molar-refractivity contribution is 5.96. The average molecular weight is 326 g/mol. The number of rotatable bonds is 2. The van der Waals surface area contributed by atoms with E-state index < -0.39 is 0 Å². The standard InChI is InChI=1S/C18H22N4O2/c1-11-4-5-12(2)14(8-11)15-9-22(13(3)10-24-15)18(23)16-17(19)21-7-6-20-16/h4-8,13,15H,9-10H2,1-3H3,(H2,19,21)/t13-,15+/m0/s1. The summed E-state index contributed by atoms with van der Waals surface area (Å²) in [5.74, 6) is -0.0452. The van der Waals surface area contributed by atoms with Crippen LogP contribution in [0.25, 0.3) is 0 Å². The number of amides is 1. The number of morpholine rings is 1. The molecule has 3 rings (SSSR count). The minimum absolute atomic E-state index is 0.0414. The minimum atomic E-state index is -0.202. The molecule has 126 valence electrons. The van der Waals surface area contributed by atoms with Gasteiger partial charge in [-0.3, -0.25) is 4.79 Å². The van der Waals surface area contributed by atoms with E-state index in [1.165, 1.54) is 18.0 Å². The van der Waals surface area contributed by atoms with Crippen LogP contribution in [0.2, 0.25) is 0 Å². The summed E-state index contributed by atoms with van der Waals surface area (Å²) >= 11 is 0. The Hall–Kier alpha value is -2.47. The maximum absolute atomic E-state index is 12.8. The SMILES string of the molecule is Cc1ccc(C)c([C@H]2CN(C(=O)c3nccnc3N)[C@@H](C)CO2)c1. The molecule has 24 heavy (non-hydrogen) atoms. The van der Waals surface area contributed by atoms with Crippen molar-refractivity contribution in [2.75, 3.05) is 18.9 Å². The maximum Gasteiger partial charge on any atom is 0.276 e. The van der Waals surface area contributed by atoms with Gasteiger partial charge in [0, 0.05) is 12.4 Å². The zero-order valence-corrected chi connectivity index (χ0v) is 14.2. The van der Waals surface area contributed by atoms with Crippen LogP contribution in [0.15, 0.2) is 30.6 Å². The Kier molecular flexibility index (Phi) is 4.49. The van der Waals surface area contributed by atoms with E-state index in [1.54, 1.807) is 4.90 Å². The summed E-state index contributed by atoms with van der Waals surface area (Å²) in [6.45, 7) is 7.02. The molecule has 1 aliphatic rings. The molecule has 1 amide bonds. The molecule has 1 aromatic heterocycles. The first kappa shape index (κ1) is 16.4. The van der Waals surface area contributed by atoms with Crippen LogP contribution in [0.5, 0.6) is 0 Å². The van der Waals surface area contributed by atoms with Crippen molar-refractivity contribution in [1.82, 2.24) is 14.9 Å². The van der Waals surface area contributed by atoms with Crippen molar-refractivity contribution in [2.45, 2.75) is 32.9 Å². The molecule has 1 aliphatic heterocycles. The van der Waals surface area contributed by atoms with Crippen LogP contribution >= 0.6 is 0 Å². The minimum Gasteiger partial charge on any atom is -0.382 e. The van der Waals surface area contributed by atoms with Crippen LogP contribution in [0.4, 0.5) is 5.82 Å². The number of anilines is 1. The predicted molar refractivity (Wildman–Crippen MR) is 91.6 cm³/mol. The van der Waals surface area contributed by atoms with Crippen molar-refractivity contribution in [3.05, 3.63) is 53.0 Å². The maximum atomic E-state index is 12.8. The van der Waals surface area contributed by atoms with Gasteiger partial charge in [-0.05, 0) is 31.9 Å². The number of aromatic nitrogens is 2. The Morgan fingerprint density at radius 3 is 2.79 bits per heavy atom. The van der Waals surface area contributed by atoms with Gasteiger partial charge in [-0.15, -0.1) is 0 Å². The van der Waals surface area contributed by atoms with Crippen LogP contribution in [-0.4, -0.2) is 40.0 Å². The fraction of sp³-hybridized carbons (Fsp3) is 0.389. The van der Waals surface area contributed by atoms with Crippen molar-refractivity contribution >= 4 is 11.7 Å². The van der Waals surface area contributed by atoms with Gasteiger partial charge in [0.15, 0.2) is 11.5 Å². The lowest BCUT2D eigenvalue weighted by atomic mass is 9.98. The van der Waals surface area contributed by atoms with E-state index in [0.717, 1.165) is 11.1 Å². The molecular formula is C18H22N4O2.